The third-order valence-corrected chi connectivity index (χ3v) is 3.47. The van der Waals surface area contributed by atoms with Gasteiger partial charge in [-0.15, -0.1) is 0 Å². The van der Waals surface area contributed by atoms with Crippen LogP contribution in [0, 0.1) is 13.8 Å². The highest BCUT2D eigenvalue weighted by atomic mass is 79.9. The Kier molecular flexibility index (Phi) is 4.37. The number of halogens is 1. The Morgan fingerprint density at radius 2 is 2.06 bits per heavy atom. The second kappa shape index (κ2) is 6.01. The molecule has 2 aromatic rings. The number of aryl methyl sites for hydroxylation is 2. The van der Waals surface area contributed by atoms with Gasteiger partial charge in [0.1, 0.15) is 0 Å². The molecule has 0 saturated carbocycles. The van der Waals surface area contributed by atoms with Gasteiger partial charge in [-0.2, -0.15) is 0 Å². The molecule has 0 bridgehead atoms. The molecule has 94 valence electrons. The van der Waals surface area contributed by atoms with Crippen molar-refractivity contribution in [2.24, 2.45) is 0 Å². The number of hydrogen-bond donors (Lipinski definition) is 1. The fourth-order valence-corrected chi connectivity index (χ4v) is 2.82. The molecule has 2 rings (SSSR count). The maximum Gasteiger partial charge on any atom is 0.0514 e. The molecule has 1 aromatic heterocycles. The maximum absolute atomic E-state index is 4.32. The highest BCUT2D eigenvalue weighted by Crippen LogP contribution is 2.27. The highest BCUT2D eigenvalue weighted by molar-refractivity contribution is 9.10. The van der Waals surface area contributed by atoms with Crippen LogP contribution in [0.3, 0.4) is 0 Å². The van der Waals surface area contributed by atoms with E-state index in [2.05, 4.69) is 58.3 Å². The van der Waals surface area contributed by atoms with Crippen molar-refractivity contribution in [1.29, 1.82) is 0 Å². The van der Waals surface area contributed by atoms with Gasteiger partial charge in [-0.1, -0.05) is 12.1 Å². The molecule has 0 aliphatic rings. The second-order valence-electron chi connectivity index (χ2n) is 4.44. The van der Waals surface area contributed by atoms with Crippen LogP contribution in [-0.4, -0.2) is 11.5 Å². The molecule has 0 amide bonds. The smallest absolute Gasteiger partial charge is 0.0514 e. The number of rotatable bonds is 4. The van der Waals surface area contributed by atoms with E-state index in [0.717, 1.165) is 23.1 Å². The molecular weight excluding hydrogens is 288 g/mol. The van der Waals surface area contributed by atoms with Crippen LogP contribution < -0.4 is 5.32 Å². The van der Waals surface area contributed by atoms with E-state index in [0.29, 0.717) is 0 Å². The third kappa shape index (κ3) is 3.33. The summed E-state index contributed by atoms with van der Waals surface area (Å²) in [5.41, 5.74) is 4.83. The minimum atomic E-state index is 0.888. The van der Waals surface area contributed by atoms with Crippen molar-refractivity contribution in [3.05, 3.63) is 57.8 Å². The zero-order chi connectivity index (χ0) is 13.0. The standard InChI is InChI=1S/C15H17BrN2/c1-11-9-12(2)15(14(16)10-11)18-8-6-13-5-3-4-7-17-13/h3-5,7,9-10,18H,6,8H2,1-2H3. The summed E-state index contributed by atoms with van der Waals surface area (Å²) in [5.74, 6) is 0. The van der Waals surface area contributed by atoms with E-state index < -0.39 is 0 Å². The average molecular weight is 305 g/mol. The normalized spacial score (nSPS) is 10.4. The van der Waals surface area contributed by atoms with Gasteiger partial charge in [0.15, 0.2) is 0 Å². The van der Waals surface area contributed by atoms with Crippen LogP contribution in [-0.2, 0) is 6.42 Å². The van der Waals surface area contributed by atoms with Crippen LogP contribution in [0.1, 0.15) is 16.8 Å². The third-order valence-electron chi connectivity index (χ3n) is 2.84. The first-order valence-electron chi connectivity index (χ1n) is 6.07. The molecule has 2 nitrogen and oxygen atoms in total. The van der Waals surface area contributed by atoms with Gasteiger partial charge in [0.2, 0.25) is 0 Å². The Labute approximate surface area is 117 Å². The molecule has 0 saturated heterocycles. The molecular formula is C15H17BrN2. The fraction of sp³-hybridized carbons (Fsp3) is 0.267. The molecule has 0 fully saturated rings. The van der Waals surface area contributed by atoms with Gasteiger partial charge < -0.3 is 5.32 Å². The zero-order valence-corrected chi connectivity index (χ0v) is 12.3. The molecule has 1 heterocycles. The lowest BCUT2D eigenvalue weighted by atomic mass is 10.1. The topological polar surface area (TPSA) is 24.9 Å². The van der Waals surface area contributed by atoms with Crippen molar-refractivity contribution >= 4 is 21.6 Å². The van der Waals surface area contributed by atoms with E-state index in [1.807, 2.05) is 18.3 Å². The summed E-state index contributed by atoms with van der Waals surface area (Å²) in [6.07, 6.45) is 2.77. The summed E-state index contributed by atoms with van der Waals surface area (Å²) in [4.78, 5) is 4.32. The average Bonchev–Trinajstić information content (AvgIpc) is 2.34. The van der Waals surface area contributed by atoms with Crippen molar-refractivity contribution in [2.45, 2.75) is 20.3 Å². The van der Waals surface area contributed by atoms with Crippen LogP contribution in [0.15, 0.2) is 41.0 Å². The second-order valence-corrected chi connectivity index (χ2v) is 5.29. The predicted molar refractivity (Wildman–Crippen MR) is 80.0 cm³/mol. The lowest BCUT2D eigenvalue weighted by Crippen LogP contribution is -2.07. The van der Waals surface area contributed by atoms with Gasteiger partial charge in [0.05, 0.1) is 5.69 Å². The van der Waals surface area contributed by atoms with Gasteiger partial charge in [-0.05, 0) is 59.1 Å². The maximum atomic E-state index is 4.32. The van der Waals surface area contributed by atoms with Crippen LogP contribution >= 0.6 is 15.9 Å². The van der Waals surface area contributed by atoms with Gasteiger partial charge in [0.25, 0.3) is 0 Å². The Hall–Kier alpha value is -1.35. The number of anilines is 1. The number of nitrogens with one attached hydrogen (secondary N) is 1. The number of pyridine rings is 1. The Bertz CT molecular complexity index is 500. The van der Waals surface area contributed by atoms with E-state index in [-0.39, 0.29) is 0 Å². The lowest BCUT2D eigenvalue weighted by Gasteiger charge is -2.12. The summed E-state index contributed by atoms with van der Waals surface area (Å²) < 4.78 is 1.13. The van der Waals surface area contributed by atoms with Crippen molar-refractivity contribution < 1.29 is 0 Å². The van der Waals surface area contributed by atoms with E-state index in [1.165, 1.54) is 16.8 Å². The number of hydrogen-bond acceptors (Lipinski definition) is 2. The minimum Gasteiger partial charge on any atom is -0.384 e. The molecule has 3 heteroatoms. The molecule has 0 aliphatic heterocycles. The van der Waals surface area contributed by atoms with E-state index in [1.54, 1.807) is 0 Å². The van der Waals surface area contributed by atoms with Crippen LogP contribution in [0.2, 0.25) is 0 Å². The summed E-state index contributed by atoms with van der Waals surface area (Å²) in [5, 5.41) is 3.47. The molecule has 0 unspecified atom stereocenters. The first kappa shape index (κ1) is 13.1. The van der Waals surface area contributed by atoms with Crippen molar-refractivity contribution in [3.8, 4) is 0 Å². The largest absolute Gasteiger partial charge is 0.384 e. The van der Waals surface area contributed by atoms with Gasteiger partial charge in [-0.25, -0.2) is 0 Å². The number of aromatic nitrogens is 1. The van der Waals surface area contributed by atoms with Crippen LogP contribution in [0.4, 0.5) is 5.69 Å². The van der Waals surface area contributed by atoms with Gasteiger partial charge >= 0.3 is 0 Å². The SMILES string of the molecule is Cc1cc(C)c(NCCc2ccccn2)c(Br)c1. The monoisotopic (exact) mass is 304 g/mol. The fourth-order valence-electron chi connectivity index (χ4n) is 2.00. The summed E-state index contributed by atoms with van der Waals surface area (Å²) >= 11 is 3.61. The quantitative estimate of drug-likeness (QED) is 0.919. The lowest BCUT2D eigenvalue weighted by molar-refractivity contribution is 0.958. The van der Waals surface area contributed by atoms with Gasteiger partial charge in [-0.3, -0.25) is 4.98 Å². The van der Waals surface area contributed by atoms with Crippen molar-refractivity contribution in [3.63, 3.8) is 0 Å². The first-order chi connectivity index (χ1) is 8.66. The molecule has 0 spiro atoms. The minimum absolute atomic E-state index is 0.888. The molecule has 0 aliphatic carbocycles. The van der Waals surface area contributed by atoms with Crippen LogP contribution in [0.5, 0.6) is 0 Å². The molecule has 0 radical (unpaired) electrons. The number of benzene rings is 1. The van der Waals surface area contributed by atoms with E-state index >= 15 is 0 Å². The van der Waals surface area contributed by atoms with Gasteiger partial charge in [0, 0.05) is 29.3 Å². The molecule has 1 N–H and O–H groups in total. The summed E-state index contributed by atoms with van der Waals surface area (Å²) in [6, 6.07) is 10.3. The highest BCUT2D eigenvalue weighted by Gasteiger charge is 2.04. The Balaban J connectivity index is 1.99. The van der Waals surface area contributed by atoms with Crippen LogP contribution in [0.25, 0.3) is 0 Å². The Morgan fingerprint density at radius 1 is 1.22 bits per heavy atom. The predicted octanol–water partition coefficient (Wildman–Crippen LogP) is 4.12. The zero-order valence-electron chi connectivity index (χ0n) is 10.7. The number of nitrogens with zero attached hydrogens (tertiary/aromatic N) is 1. The summed E-state index contributed by atoms with van der Waals surface area (Å²) in [6.45, 7) is 5.12. The Morgan fingerprint density at radius 3 is 2.72 bits per heavy atom. The van der Waals surface area contributed by atoms with E-state index in [4.69, 9.17) is 0 Å². The molecule has 0 atom stereocenters. The molecule has 18 heavy (non-hydrogen) atoms. The van der Waals surface area contributed by atoms with Crippen molar-refractivity contribution in [1.82, 2.24) is 4.98 Å². The first-order valence-corrected chi connectivity index (χ1v) is 6.86. The molecule has 1 aromatic carbocycles. The van der Waals surface area contributed by atoms with E-state index in [9.17, 15) is 0 Å². The van der Waals surface area contributed by atoms with Crippen molar-refractivity contribution in [2.75, 3.05) is 11.9 Å². The summed E-state index contributed by atoms with van der Waals surface area (Å²) in [7, 11) is 0.